The fourth-order valence-corrected chi connectivity index (χ4v) is 2.34. The van der Waals surface area contributed by atoms with Gasteiger partial charge >= 0.3 is 5.97 Å². The lowest BCUT2D eigenvalue weighted by molar-refractivity contribution is 0.0565. The van der Waals surface area contributed by atoms with E-state index in [0.717, 1.165) is 11.6 Å². The summed E-state index contributed by atoms with van der Waals surface area (Å²) in [6.07, 6.45) is 0. The lowest BCUT2D eigenvalue weighted by atomic mass is 10.1. The van der Waals surface area contributed by atoms with Crippen LogP contribution in [-0.4, -0.2) is 19.0 Å². The Hall–Kier alpha value is -3.41. The zero-order valence-electron chi connectivity index (χ0n) is 13.7. The Kier molecular flexibility index (Phi) is 4.35. The number of hydrogen-bond donors (Lipinski definition) is 1. The van der Waals surface area contributed by atoms with E-state index in [0.29, 0.717) is 11.3 Å². The van der Waals surface area contributed by atoms with Crippen molar-refractivity contribution in [2.45, 2.75) is 6.92 Å². The van der Waals surface area contributed by atoms with E-state index >= 15 is 0 Å². The van der Waals surface area contributed by atoms with E-state index in [1.807, 2.05) is 19.1 Å². The summed E-state index contributed by atoms with van der Waals surface area (Å²) in [6, 6.07) is 12.8. The maximum absolute atomic E-state index is 12.3. The van der Waals surface area contributed by atoms with Crippen LogP contribution in [0.4, 0.5) is 5.69 Å². The molecule has 6 nitrogen and oxygen atoms in total. The first-order valence-electron chi connectivity index (χ1n) is 7.52. The maximum atomic E-state index is 12.3. The fourth-order valence-electron chi connectivity index (χ4n) is 2.34. The molecule has 0 unspecified atom stereocenters. The van der Waals surface area contributed by atoms with Crippen LogP contribution in [0, 0.1) is 6.92 Å². The Labute approximate surface area is 143 Å². The van der Waals surface area contributed by atoms with Crippen molar-refractivity contribution in [2.75, 3.05) is 12.4 Å². The summed E-state index contributed by atoms with van der Waals surface area (Å²) in [6.45, 7) is 1.94. The Morgan fingerprint density at radius 1 is 1.04 bits per heavy atom. The number of hydrogen-bond acceptors (Lipinski definition) is 5. The van der Waals surface area contributed by atoms with Crippen LogP contribution < -0.4 is 10.7 Å². The number of amides is 1. The van der Waals surface area contributed by atoms with Crippen molar-refractivity contribution in [3.8, 4) is 0 Å². The number of ether oxygens (including phenoxy) is 1. The maximum Gasteiger partial charge on any atom is 0.374 e. The topological polar surface area (TPSA) is 85.6 Å². The van der Waals surface area contributed by atoms with Gasteiger partial charge in [-0.25, -0.2) is 4.79 Å². The number of esters is 1. The molecule has 0 aliphatic carbocycles. The molecule has 1 amide bonds. The van der Waals surface area contributed by atoms with Gasteiger partial charge in [0, 0.05) is 17.3 Å². The molecule has 0 aliphatic rings. The van der Waals surface area contributed by atoms with E-state index in [1.165, 1.54) is 19.2 Å². The minimum Gasteiger partial charge on any atom is -0.463 e. The van der Waals surface area contributed by atoms with E-state index in [9.17, 15) is 14.4 Å². The summed E-state index contributed by atoms with van der Waals surface area (Å²) in [5, 5.41) is 2.99. The Morgan fingerprint density at radius 2 is 1.76 bits per heavy atom. The average Bonchev–Trinajstić information content (AvgIpc) is 2.61. The van der Waals surface area contributed by atoms with Gasteiger partial charge in [-0.3, -0.25) is 9.59 Å². The van der Waals surface area contributed by atoms with E-state index < -0.39 is 11.4 Å². The first-order valence-corrected chi connectivity index (χ1v) is 7.52. The highest BCUT2D eigenvalue weighted by Crippen LogP contribution is 2.19. The van der Waals surface area contributed by atoms with Gasteiger partial charge in [-0.1, -0.05) is 17.7 Å². The van der Waals surface area contributed by atoms with Crippen molar-refractivity contribution in [1.29, 1.82) is 0 Å². The summed E-state index contributed by atoms with van der Waals surface area (Å²) in [4.78, 5) is 35.9. The second-order valence-electron chi connectivity index (χ2n) is 5.50. The molecule has 6 heteroatoms. The molecule has 2 aromatic carbocycles. The number of carbonyl (C=O) groups excluding carboxylic acids is 2. The monoisotopic (exact) mass is 337 g/mol. The van der Waals surface area contributed by atoms with Crippen molar-refractivity contribution >= 4 is 28.5 Å². The molecule has 1 N–H and O–H groups in total. The molecule has 0 saturated carbocycles. The van der Waals surface area contributed by atoms with Crippen molar-refractivity contribution in [2.24, 2.45) is 0 Å². The first-order chi connectivity index (χ1) is 12.0. The number of methoxy groups -OCH3 is 1. The number of rotatable bonds is 3. The van der Waals surface area contributed by atoms with Crippen LogP contribution in [0.2, 0.25) is 0 Å². The molecule has 0 bridgehead atoms. The number of anilines is 1. The summed E-state index contributed by atoms with van der Waals surface area (Å²) in [5.74, 6) is -1.18. The SMILES string of the molecule is COC(=O)c1cc(=O)c2cc(NC(=O)c3ccc(C)cc3)ccc2o1. The van der Waals surface area contributed by atoms with E-state index in [1.54, 1.807) is 18.2 Å². The number of fused-ring (bicyclic) bond motifs is 1. The molecule has 0 aliphatic heterocycles. The molecule has 0 radical (unpaired) electrons. The van der Waals surface area contributed by atoms with Gasteiger partial charge in [0.05, 0.1) is 12.5 Å². The van der Waals surface area contributed by atoms with Gasteiger partial charge in [-0.15, -0.1) is 0 Å². The summed E-state index contributed by atoms with van der Waals surface area (Å²) in [7, 11) is 1.20. The number of aryl methyl sites for hydroxylation is 1. The Balaban J connectivity index is 1.92. The van der Waals surface area contributed by atoms with Crippen molar-refractivity contribution in [1.82, 2.24) is 0 Å². The van der Waals surface area contributed by atoms with Gasteiger partial charge in [0.15, 0.2) is 5.43 Å². The summed E-state index contributed by atoms with van der Waals surface area (Å²) < 4.78 is 9.91. The van der Waals surface area contributed by atoms with Gasteiger partial charge in [0.25, 0.3) is 5.91 Å². The molecule has 126 valence electrons. The highest BCUT2D eigenvalue weighted by Gasteiger charge is 2.13. The largest absolute Gasteiger partial charge is 0.463 e. The summed E-state index contributed by atoms with van der Waals surface area (Å²) in [5.41, 5.74) is 1.87. The second kappa shape index (κ2) is 6.60. The first kappa shape index (κ1) is 16.4. The molecule has 0 saturated heterocycles. The molecule has 1 heterocycles. The molecular formula is C19H15NO5. The number of benzene rings is 2. The normalized spacial score (nSPS) is 10.5. The average molecular weight is 337 g/mol. The highest BCUT2D eigenvalue weighted by molar-refractivity contribution is 6.05. The van der Waals surface area contributed by atoms with Crippen molar-refractivity contribution in [3.63, 3.8) is 0 Å². The predicted octanol–water partition coefficient (Wildman–Crippen LogP) is 3.14. The molecule has 3 rings (SSSR count). The van der Waals surface area contributed by atoms with Crippen LogP contribution in [0.15, 0.2) is 57.7 Å². The lowest BCUT2D eigenvalue weighted by Gasteiger charge is -2.07. The third-order valence-electron chi connectivity index (χ3n) is 3.69. The van der Waals surface area contributed by atoms with Crippen LogP contribution in [0.1, 0.15) is 26.5 Å². The van der Waals surface area contributed by atoms with E-state index in [4.69, 9.17) is 4.42 Å². The van der Waals surface area contributed by atoms with Gasteiger partial charge < -0.3 is 14.5 Å². The molecule has 0 spiro atoms. The minimum atomic E-state index is -0.726. The van der Waals surface area contributed by atoms with Gasteiger partial charge in [-0.05, 0) is 37.3 Å². The quantitative estimate of drug-likeness (QED) is 0.742. The smallest absolute Gasteiger partial charge is 0.374 e. The lowest BCUT2D eigenvalue weighted by Crippen LogP contribution is -2.13. The third kappa shape index (κ3) is 3.42. The molecule has 0 atom stereocenters. The standard InChI is InChI=1S/C19H15NO5/c1-11-3-5-12(6-4-11)18(22)20-13-7-8-16-14(9-13)15(21)10-17(25-16)19(23)24-2/h3-10H,1-2H3,(H,20,22). The predicted molar refractivity (Wildman–Crippen MR) is 93.0 cm³/mol. The van der Waals surface area contributed by atoms with E-state index in [2.05, 4.69) is 10.1 Å². The minimum absolute atomic E-state index is 0.170. The van der Waals surface area contributed by atoms with Gasteiger partial charge in [-0.2, -0.15) is 0 Å². The van der Waals surface area contributed by atoms with Crippen LogP contribution in [-0.2, 0) is 4.74 Å². The van der Waals surface area contributed by atoms with Crippen LogP contribution in [0.25, 0.3) is 11.0 Å². The van der Waals surface area contributed by atoms with Gasteiger partial charge in [0.2, 0.25) is 5.76 Å². The molecular weight excluding hydrogens is 322 g/mol. The molecule has 3 aromatic rings. The molecule has 0 fully saturated rings. The summed E-state index contributed by atoms with van der Waals surface area (Å²) >= 11 is 0. The van der Waals surface area contributed by atoms with Crippen LogP contribution in [0.3, 0.4) is 0 Å². The van der Waals surface area contributed by atoms with Crippen molar-refractivity contribution < 1.29 is 18.7 Å². The van der Waals surface area contributed by atoms with Crippen LogP contribution in [0.5, 0.6) is 0 Å². The Morgan fingerprint density at radius 3 is 2.44 bits per heavy atom. The third-order valence-corrected chi connectivity index (χ3v) is 3.69. The van der Waals surface area contributed by atoms with Crippen LogP contribution >= 0.6 is 0 Å². The Bertz CT molecular complexity index is 1020. The van der Waals surface area contributed by atoms with E-state index in [-0.39, 0.29) is 22.6 Å². The second-order valence-corrected chi connectivity index (χ2v) is 5.50. The molecule has 25 heavy (non-hydrogen) atoms. The zero-order valence-corrected chi connectivity index (χ0v) is 13.7. The fraction of sp³-hybridized carbons (Fsp3) is 0.105. The number of carbonyl (C=O) groups is 2. The highest BCUT2D eigenvalue weighted by atomic mass is 16.5. The number of nitrogens with one attached hydrogen (secondary N) is 1. The van der Waals surface area contributed by atoms with Gasteiger partial charge in [0.1, 0.15) is 5.58 Å². The zero-order chi connectivity index (χ0) is 18.0. The molecule has 1 aromatic heterocycles. The van der Waals surface area contributed by atoms with Crippen molar-refractivity contribution in [3.05, 3.63) is 75.6 Å².